The zero-order valence-corrected chi connectivity index (χ0v) is 17.2. The first-order chi connectivity index (χ1) is 13.8. The second-order valence-corrected chi connectivity index (χ2v) is 8.54. The minimum atomic E-state index is -3.89. The van der Waals surface area contributed by atoms with Crippen LogP contribution >= 0.6 is 15.9 Å². The van der Waals surface area contributed by atoms with Gasteiger partial charge in [-0.15, -0.1) is 0 Å². The van der Waals surface area contributed by atoms with Gasteiger partial charge in [0, 0.05) is 10.2 Å². The van der Waals surface area contributed by atoms with Crippen LogP contribution in [0.15, 0.2) is 82.2 Å². The summed E-state index contributed by atoms with van der Waals surface area (Å²) in [5.41, 5.74) is 0.710. The first kappa shape index (κ1) is 20.6. The first-order valence-corrected chi connectivity index (χ1v) is 10.6. The molecule has 0 aliphatic carbocycles. The largest absolute Gasteiger partial charge is 0.478 e. The quantitative estimate of drug-likeness (QED) is 0.495. The van der Waals surface area contributed by atoms with Crippen molar-refractivity contribution in [1.82, 2.24) is 0 Å². The van der Waals surface area contributed by atoms with Crippen molar-refractivity contribution in [3.8, 4) is 0 Å². The number of sulfonamides is 1. The van der Waals surface area contributed by atoms with Crippen molar-refractivity contribution in [3.63, 3.8) is 0 Å². The van der Waals surface area contributed by atoms with Crippen LogP contribution in [0, 0.1) is 0 Å². The molecule has 0 aliphatic heterocycles. The molecule has 0 aliphatic rings. The van der Waals surface area contributed by atoms with Crippen molar-refractivity contribution >= 4 is 49.2 Å². The van der Waals surface area contributed by atoms with Crippen LogP contribution in [0.1, 0.15) is 20.7 Å². The maximum absolute atomic E-state index is 12.7. The molecule has 0 unspecified atom stereocenters. The van der Waals surface area contributed by atoms with Crippen LogP contribution in [0.5, 0.6) is 0 Å². The van der Waals surface area contributed by atoms with Gasteiger partial charge in [-0.25, -0.2) is 13.2 Å². The molecule has 0 aromatic heterocycles. The number of amides is 1. The number of para-hydroxylation sites is 1. The zero-order valence-electron chi connectivity index (χ0n) is 14.8. The van der Waals surface area contributed by atoms with Crippen LogP contribution < -0.4 is 10.0 Å². The van der Waals surface area contributed by atoms with Crippen LogP contribution in [0.2, 0.25) is 0 Å². The van der Waals surface area contributed by atoms with Gasteiger partial charge in [0.1, 0.15) is 0 Å². The van der Waals surface area contributed by atoms with Gasteiger partial charge < -0.3 is 10.4 Å². The van der Waals surface area contributed by atoms with Crippen molar-refractivity contribution in [1.29, 1.82) is 0 Å². The van der Waals surface area contributed by atoms with E-state index in [9.17, 15) is 18.0 Å². The standard InChI is InChI=1S/C20H15BrN2O5S/c21-14-7-11-16(12-8-14)29(27,28)23-18-4-2-1-3-17(18)19(24)22-15-9-5-13(6-10-15)20(25)26/h1-12,23H,(H,22,24)(H,25,26). The Morgan fingerprint density at radius 1 is 0.862 bits per heavy atom. The van der Waals surface area contributed by atoms with E-state index in [1.165, 1.54) is 48.5 Å². The second-order valence-electron chi connectivity index (χ2n) is 5.94. The molecule has 0 bridgehead atoms. The summed E-state index contributed by atoms with van der Waals surface area (Å²) in [6.07, 6.45) is 0. The molecule has 0 saturated heterocycles. The topological polar surface area (TPSA) is 113 Å². The van der Waals surface area contributed by atoms with Gasteiger partial charge >= 0.3 is 5.97 Å². The summed E-state index contributed by atoms with van der Waals surface area (Å²) in [7, 11) is -3.89. The van der Waals surface area contributed by atoms with Gasteiger partial charge in [0.05, 0.1) is 21.7 Å². The minimum absolute atomic E-state index is 0.0557. The van der Waals surface area contributed by atoms with E-state index in [1.807, 2.05) is 0 Å². The monoisotopic (exact) mass is 474 g/mol. The average molecular weight is 475 g/mol. The molecule has 29 heavy (non-hydrogen) atoms. The number of anilines is 2. The number of benzene rings is 3. The van der Waals surface area contributed by atoms with E-state index in [0.717, 1.165) is 4.47 Å². The predicted molar refractivity (Wildman–Crippen MR) is 113 cm³/mol. The number of halogens is 1. The molecule has 0 saturated carbocycles. The number of carbonyl (C=O) groups is 2. The van der Waals surface area contributed by atoms with Crippen LogP contribution in [0.25, 0.3) is 0 Å². The van der Waals surface area contributed by atoms with Gasteiger partial charge in [0.2, 0.25) is 0 Å². The van der Waals surface area contributed by atoms with Gasteiger partial charge in [-0.1, -0.05) is 28.1 Å². The molecule has 3 aromatic carbocycles. The fourth-order valence-electron chi connectivity index (χ4n) is 2.48. The molecule has 3 aromatic rings. The summed E-state index contributed by atoms with van der Waals surface area (Å²) >= 11 is 3.25. The van der Waals surface area contributed by atoms with E-state index >= 15 is 0 Å². The minimum Gasteiger partial charge on any atom is -0.478 e. The van der Waals surface area contributed by atoms with E-state index in [0.29, 0.717) is 5.69 Å². The van der Waals surface area contributed by atoms with Crippen LogP contribution in [-0.4, -0.2) is 25.4 Å². The molecule has 0 spiro atoms. The lowest BCUT2D eigenvalue weighted by Gasteiger charge is -2.13. The Bertz CT molecular complexity index is 1160. The molecule has 9 heteroatoms. The Hall–Kier alpha value is -3.17. The normalized spacial score (nSPS) is 10.9. The van der Waals surface area contributed by atoms with E-state index in [4.69, 9.17) is 5.11 Å². The number of carboxylic acid groups (broad SMARTS) is 1. The zero-order chi connectivity index (χ0) is 21.0. The number of hydrogen-bond donors (Lipinski definition) is 3. The molecule has 0 atom stereocenters. The van der Waals surface area contributed by atoms with Crippen LogP contribution in [-0.2, 0) is 10.0 Å². The van der Waals surface area contributed by atoms with E-state index in [-0.39, 0.29) is 21.7 Å². The molecule has 148 valence electrons. The first-order valence-electron chi connectivity index (χ1n) is 8.28. The highest BCUT2D eigenvalue weighted by Crippen LogP contribution is 2.22. The maximum Gasteiger partial charge on any atom is 0.335 e. The Morgan fingerprint density at radius 3 is 2.10 bits per heavy atom. The molecule has 3 N–H and O–H groups in total. The SMILES string of the molecule is O=C(O)c1ccc(NC(=O)c2ccccc2NS(=O)(=O)c2ccc(Br)cc2)cc1. The third-order valence-electron chi connectivity index (χ3n) is 3.93. The van der Waals surface area contributed by atoms with Gasteiger partial charge in [-0.2, -0.15) is 0 Å². The van der Waals surface area contributed by atoms with Gasteiger partial charge in [-0.05, 0) is 60.7 Å². The Balaban J connectivity index is 1.83. The fraction of sp³-hybridized carbons (Fsp3) is 0. The molecule has 0 heterocycles. The summed E-state index contributed by atoms with van der Waals surface area (Å²) in [6, 6.07) is 17.9. The van der Waals surface area contributed by atoms with Crippen LogP contribution in [0.3, 0.4) is 0 Å². The smallest absolute Gasteiger partial charge is 0.335 e. The van der Waals surface area contributed by atoms with Crippen molar-refractivity contribution in [2.24, 2.45) is 0 Å². The number of carboxylic acids is 1. The third-order valence-corrected chi connectivity index (χ3v) is 5.84. The maximum atomic E-state index is 12.7. The summed E-state index contributed by atoms with van der Waals surface area (Å²) in [5.74, 6) is -1.61. The Labute approximate surface area is 175 Å². The van der Waals surface area contributed by atoms with Crippen molar-refractivity contribution < 1.29 is 23.1 Å². The van der Waals surface area contributed by atoms with E-state index < -0.39 is 21.9 Å². The Morgan fingerprint density at radius 2 is 1.48 bits per heavy atom. The predicted octanol–water partition coefficient (Wildman–Crippen LogP) is 4.20. The summed E-state index contributed by atoms with van der Waals surface area (Å²) < 4.78 is 28.4. The summed E-state index contributed by atoms with van der Waals surface area (Å²) in [4.78, 5) is 23.6. The summed E-state index contributed by atoms with van der Waals surface area (Å²) in [6.45, 7) is 0. The molecule has 3 rings (SSSR count). The lowest BCUT2D eigenvalue weighted by atomic mass is 10.1. The van der Waals surface area contributed by atoms with E-state index in [2.05, 4.69) is 26.0 Å². The molecule has 7 nitrogen and oxygen atoms in total. The lowest BCUT2D eigenvalue weighted by molar-refractivity contribution is 0.0696. The fourth-order valence-corrected chi connectivity index (χ4v) is 3.83. The third kappa shape index (κ3) is 5.01. The number of hydrogen-bond acceptors (Lipinski definition) is 4. The van der Waals surface area contributed by atoms with Gasteiger partial charge in [0.25, 0.3) is 15.9 Å². The lowest BCUT2D eigenvalue weighted by Crippen LogP contribution is -2.18. The molecular formula is C20H15BrN2O5S. The highest BCUT2D eigenvalue weighted by atomic mass is 79.9. The van der Waals surface area contributed by atoms with Gasteiger partial charge in [0.15, 0.2) is 0 Å². The number of carbonyl (C=O) groups excluding carboxylic acids is 1. The van der Waals surface area contributed by atoms with E-state index in [1.54, 1.807) is 24.3 Å². The van der Waals surface area contributed by atoms with Crippen LogP contribution in [0.4, 0.5) is 11.4 Å². The van der Waals surface area contributed by atoms with Gasteiger partial charge in [-0.3, -0.25) is 9.52 Å². The average Bonchev–Trinajstić information content (AvgIpc) is 2.69. The molecular weight excluding hydrogens is 460 g/mol. The molecule has 0 fully saturated rings. The second kappa shape index (κ2) is 8.46. The van der Waals surface area contributed by atoms with Crippen molar-refractivity contribution in [2.45, 2.75) is 4.90 Å². The molecule has 1 amide bonds. The van der Waals surface area contributed by atoms with Crippen molar-refractivity contribution in [2.75, 3.05) is 10.0 Å². The number of aromatic carboxylic acids is 1. The summed E-state index contributed by atoms with van der Waals surface area (Å²) in [5, 5.41) is 11.6. The van der Waals surface area contributed by atoms with Crippen molar-refractivity contribution in [3.05, 3.63) is 88.4 Å². The highest BCUT2D eigenvalue weighted by Gasteiger charge is 2.18. The molecule has 0 radical (unpaired) electrons. The highest BCUT2D eigenvalue weighted by molar-refractivity contribution is 9.10. The number of nitrogens with one attached hydrogen (secondary N) is 2. The Kier molecular flexibility index (Phi) is 6.00. The number of rotatable bonds is 6.